The maximum atomic E-state index is 13.6. The topological polar surface area (TPSA) is 70.0 Å². The van der Waals surface area contributed by atoms with Crippen LogP contribution in [0.4, 0.5) is 4.39 Å². The van der Waals surface area contributed by atoms with Crippen LogP contribution in [0.15, 0.2) is 53.3 Å². The molecule has 0 amide bonds. The Kier molecular flexibility index (Phi) is 4.44. The summed E-state index contributed by atoms with van der Waals surface area (Å²) in [6.07, 6.45) is 3.46. The predicted molar refractivity (Wildman–Crippen MR) is 99.4 cm³/mol. The number of para-hydroxylation sites is 1. The van der Waals surface area contributed by atoms with Gasteiger partial charge in [0.1, 0.15) is 5.82 Å². The molecule has 26 heavy (non-hydrogen) atoms. The van der Waals surface area contributed by atoms with Gasteiger partial charge in [0.2, 0.25) is 0 Å². The SMILES string of the molecule is O=c1[nH]c2cccc3c2n1CC[C@@H](NC/C=C/c1ccccc1F)[C@@H]3O. The average Bonchev–Trinajstić information content (AvgIpc) is 2.89. The third-order valence-corrected chi connectivity index (χ3v) is 4.89. The summed E-state index contributed by atoms with van der Waals surface area (Å²) < 4.78 is 15.3. The van der Waals surface area contributed by atoms with Crippen LogP contribution in [0.25, 0.3) is 17.1 Å². The van der Waals surface area contributed by atoms with Gasteiger partial charge in [0.15, 0.2) is 0 Å². The van der Waals surface area contributed by atoms with Gasteiger partial charge < -0.3 is 15.4 Å². The summed E-state index contributed by atoms with van der Waals surface area (Å²) in [4.78, 5) is 15.0. The van der Waals surface area contributed by atoms with E-state index in [4.69, 9.17) is 0 Å². The van der Waals surface area contributed by atoms with Gasteiger partial charge in [-0.1, -0.05) is 42.5 Å². The number of halogens is 1. The number of aromatic amines is 1. The van der Waals surface area contributed by atoms with Crippen LogP contribution in [0.5, 0.6) is 0 Å². The zero-order chi connectivity index (χ0) is 18.1. The third-order valence-electron chi connectivity index (χ3n) is 4.89. The monoisotopic (exact) mass is 353 g/mol. The summed E-state index contributed by atoms with van der Waals surface area (Å²) in [5.74, 6) is -0.261. The molecule has 2 heterocycles. The molecular weight excluding hydrogens is 333 g/mol. The summed E-state index contributed by atoms with van der Waals surface area (Å²) in [5.41, 5.74) is 2.64. The molecule has 1 aromatic heterocycles. The molecule has 0 saturated heterocycles. The standard InChI is InChI=1S/C20H20FN3O2/c21-15-8-2-1-5-13(15)6-4-11-22-17-10-12-24-18-14(19(17)25)7-3-9-16(18)23-20(24)26/h1-9,17,19,22,25H,10-12H2,(H,23,26)/b6-4+/t17-,19-/m1/s1. The van der Waals surface area contributed by atoms with Gasteiger partial charge in [-0.25, -0.2) is 9.18 Å². The summed E-state index contributed by atoms with van der Waals surface area (Å²) in [7, 11) is 0. The van der Waals surface area contributed by atoms with Gasteiger partial charge in [0.25, 0.3) is 0 Å². The van der Waals surface area contributed by atoms with Crippen LogP contribution >= 0.6 is 0 Å². The Labute approximate surface area is 149 Å². The molecule has 1 aliphatic rings. The highest BCUT2D eigenvalue weighted by molar-refractivity contribution is 5.79. The maximum absolute atomic E-state index is 13.6. The number of aliphatic hydroxyl groups is 1. The van der Waals surface area contributed by atoms with Crippen LogP contribution in [0.3, 0.4) is 0 Å². The molecule has 3 N–H and O–H groups in total. The first-order valence-corrected chi connectivity index (χ1v) is 8.69. The number of aliphatic hydroxyl groups excluding tert-OH is 1. The van der Waals surface area contributed by atoms with Gasteiger partial charge in [-0.3, -0.25) is 4.57 Å². The molecule has 0 unspecified atom stereocenters. The molecule has 5 nitrogen and oxygen atoms in total. The largest absolute Gasteiger partial charge is 0.387 e. The molecule has 0 fully saturated rings. The molecule has 0 bridgehead atoms. The fourth-order valence-electron chi connectivity index (χ4n) is 3.57. The molecule has 0 spiro atoms. The number of H-pyrrole nitrogens is 1. The van der Waals surface area contributed by atoms with Gasteiger partial charge in [-0.2, -0.15) is 0 Å². The number of nitrogens with one attached hydrogen (secondary N) is 2. The summed E-state index contributed by atoms with van der Waals surface area (Å²) in [6.45, 7) is 1.03. The molecule has 0 saturated carbocycles. The molecule has 134 valence electrons. The highest BCUT2D eigenvalue weighted by atomic mass is 19.1. The van der Waals surface area contributed by atoms with Crippen molar-refractivity contribution >= 4 is 17.1 Å². The third kappa shape index (κ3) is 2.98. The fraction of sp³-hybridized carbons (Fsp3) is 0.250. The van der Waals surface area contributed by atoms with E-state index in [0.717, 1.165) is 16.6 Å². The van der Waals surface area contributed by atoms with Crippen molar-refractivity contribution in [2.75, 3.05) is 6.54 Å². The first-order valence-electron chi connectivity index (χ1n) is 8.69. The van der Waals surface area contributed by atoms with Crippen LogP contribution in [-0.2, 0) is 6.54 Å². The number of hydrogen-bond donors (Lipinski definition) is 3. The zero-order valence-electron chi connectivity index (χ0n) is 14.2. The molecule has 6 heteroatoms. The van der Waals surface area contributed by atoms with E-state index in [1.807, 2.05) is 24.3 Å². The van der Waals surface area contributed by atoms with Crippen LogP contribution in [-0.4, -0.2) is 27.2 Å². The number of aryl methyl sites for hydroxylation is 1. The van der Waals surface area contributed by atoms with E-state index in [1.54, 1.807) is 28.8 Å². The van der Waals surface area contributed by atoms with Crippen LogP contribution in [0, 0.1) is 5.82 Å². The predicted octanol–water partition coefficient (Wildman–Crippen LogP) is 2.58. The van der Waals surface area contributed by atoms with Crippen molar-refractivity contribution in [1.82, 2.24) is 14.9 Å². The van der Waals surface area contributed by atoms with E-state index in [0.29, 0.717) is 25.1 Å². The second-order valence-electron chi connectivity index (χ2n) is 6.50. The Balaban J connectivity index is 1.51. The van der Waals surface area contributed by atoms with E-state index < -0.39 is 6.10 Å². The van der Waals surface area contributed by atoms with Crippen molar-refractivity contribution in [2.45, 2.75) is 25.1 Å². The second-order valence-corrected chi connectivity index (χ2v) is 6.50. The summed E-state index contributed by atoms with van der Waals surface area (Å²) in [6, 6.07) is 11.9. The number of aromatic nitrogens is 2. The fourth-order valence-corrected chi connectivity index (χ4v) is 3.57. The second kappa shape index (κ2) is 6.90. The van der Waals surface area contributed by atoms with Crippen molar-refractivity contribution in [3.63, 3.8) is 0 Å². The Morgan fingerprint density at radius 2 is 2.12 bits per heavy atom. The highest BCUT2D eigenvalue weighted by Gasteiger charge is 2.27. The zero-order valence-corrected chi connectivity index (χ0v) is 14.2. The molecule has 0 radical (unpaired) electrons. The molecule has 3 aromatic rings. The molecule has 2 atom stereocenters. The lowest BCUT2D eigenvalue weighted by molar-refractivity contribution is 0.127. The lowest BCUT2D eigenvalue weighted by Gasteiger charge is -2.22. The van der Waals surface area contributed by atoms with Gasteiger partial charge in [0.05, 0.1) is 17.1 Å². The normalized spacial score (nSPS) is 19.9. The Hall–Kier alpha value is -2.70. The summed E-state index contributed by atoms with van der Waals surface area (Å²) >= 11 is 0. The minimum absolute atomic E-state index is 0.153. The van der Waals surface area contributed by atoms with Crippen molar-refractivity contribution in [3.05, 3.63) is 76.0 Å². The summed E-state index contributed by atoms with van der Waals surface area (Å²) in [5, 5.41) is 14.1. The molecule has 4 rings (SSSR count). The minimum atomic E-state index is -0.718. The lowest BCUT2D eigenvalue weighted by Crippen LogP contribution is -2.35. The molecule has 1 aliphatic heterocycles. The van der Waals surface area contributed by atoms with Crippen LogP contribution in [0.1, 0.15) is 23.7 Å². The maximum Gasteiger partial charge on any atom is 0.326 e. The van der Waals surface area contributed by atoms with E-state index in [-0.39, 0.29) is 17.5 Å². The van der Waals surface area contributed by atoms with E-state index >= 15 is 0 Å². The molecular formula is C20H20FN3O2. The quantitative estimate of drug-likeness (QED) is 0.675. The van der Waals surface area contributed by atoms with Crippen molar-refractivity contribution in [2.24, 2.45) is 0 Å². The lowest BCUT2D eigenvalue weighted by atomic mass is 10.00. The number of hydrogen-bond acceptors (Lipinski definition) is 3. The van der Waals surface area contributed by atoms with Gasteiger partial charge in [0, 0.05) is 30.3 Å². The van der Waals surface area contributed by atoms with Gasteiger partial charge in [-0.05, 0) is 18.6 Å². The van der Waals surface area contributed by atoms with Crippen molar-refractivity contribution < 1.29 is 9.50 Å². The van der Waals surface area contributed by atoms with Gasteiger partial charge in [-0.15, -0.1) is 0 Å². The first kappa shape index (κ1) is 16.8. The number of rotatable bonds is 4. The minimum Gasteiger partial charge on any atom is -0.387 e. The number of imidazole rings is 1. The van der Waals surface area contributed by atoms with Crippen molar-refractivity contribution in [1.29, 1.82) is 0 Å². The number of nitrogens with zero attached hydrogens (tertiary/aromatic N) is 1. The van der Waals surface area contributed by atoms with Crippen LogP contribution < -0.4 is 11.0 Å². The Bertz CT molecular complexity index is 1020. The Morgan fingerprint density at radius 1 is 1.27 bits per heavy atom. The van der Waals surface area contributed by atoms with Crippen molar-refractivity contribution in [3.8, 4) is 0 Å². The van der Waals surface area contributed by atoms with E-state index in [1.165, 1.54) is 6.07 Å². The number of benzene rings is 2. The van der Waals surface area contributed by atoms with E-state index in [9.17, 15) is 14.3 Å². The molecule has 2 aromatic carbocycles. The average molecular weight is 353 g/mol. The smallest absolute Gasteiger partial charge is 0.326 e. The first-order chi connectivity index (χ1) is 12.6. The van der Waals surface area contributed by atoms with Crippen LogP contribution in [0.2, 0.25) is 0 Å². The Morgan fingerprint density at radius 3 is 2.96 bits per heavy atom. The van der Waals surface area contributed by atoms with Gasteiger partial charge >= 0.3 is 5.69 Å². The molecule has 0 aliphatic carbocycles. The highest BCUT2D eigenvalue weighted by Crippen LogP contribution is 2.29. The van der Waals surface area contributed by atoms with E-state index in [2.05, 4.69) is 10.3 Å².